The minimum absolute atomic E-state index is 0.159. The Balaban J connectivity index is 2.99. The van der Waals surface area contributed by atoms with Gasteiger partial charge in [0.1, 0.15) is 6.04 Å². The van der Waals surface area contributed by atoms with E-state index in [0.29, 0.717) is 6.54 Å². The molecule has 0 aliphatic rings. The summed E-state index contributed by atoms with van der Waals surface area (Å²) in [6, 6.07) is -0.241. The van der Waals surface area contributed by atoms with Crippen LogP contribution in [0.25, 0.3) is 0 Å². The first-order valence-corrected chi connectivity index (χ1v) is 4.82. The van der Waals surface area contributed by atoms with Gasteiger partial charge in [-0.05, 0) is 19.5 Å². The summed E-state index contributed by atoms with van der Waals surface area (Å²) in [5, 5.41) is 6.24. The lowest BCUT2D eigenvalue weighted by Crippen LogP contribution is -2.35. The number of halogens is 3. The van der Waals surface area contributed by atoms with Crippen LogP contribution >= 0.6 is 0 Å². The molecule has 0 bridgehead atoms. The third kappa shape index (κ3) is 2.71. The predicted molar refractivity (Wildman–Crippen MR) is 50.4 cm³/mol. The second-order valence-electron chi connectivity index (χ2n) is 3.10. The molecule has 1 rings (SSSR count). The van der Waals surface area contributed by atoms with Crippen molar-refractivity contribution in [2.45, 2.75) is 32.6 Å². The zero-order valence-corrected chi connectivity index (χ0v) is 8.67. The molecule has 0 amide bonds. The number of alkyl halides is 3. The van der Waals surface area contributed by atoms with E-state index < -0.39 is 12.2 Å². The van der Waals surface area contributed by atoms with E-state index in [1.165, 1.54) is 16.9 Å². The van der Waals surface area contributed by atoms with E-state index in [0.717, 1.165) is 0 Å². The van der Waals surface area contributed by atoms with Crippen LogP contribution < -0.4 is 5.32 Å². The molecule has 0 fully saturated rings. The fourth-order valence-corrected chi connectivity index (χ4v) is 1.44. The summed E-state index contributed by atoms with van der Waals surface area (Å²) in [6.07, 6.45) is -2.90. The average Bonchev–Trinajstić information content (AvgIpc) is 2.59. The highest BCUT2D eigenvalue weighted by Crippen LogP contribution is 2.32. The summed E-state index contributed by atoms with van der Waals surface area (Å²) < 4.78 is 39.4. The van der Waals surface area contributed by atoms with Crippen molar-refractivity contribution in [1.82, 2.24) is 15.1 Å². The summed E-state index contributed by atoms with van der Waals surface area (Å²) in [6.45, 7) is 4.10. The maximum Gasteiger partial charge on any atom is 0.409 e. The lowest BCUT2D eigenvalue weighted by atomic mass is 10.2. The van der Waals surface area contributed by atoms with Crippen molar-refractivity contribution < 1.29 is 13.2 Å². The first-order valence-electron chi connectivity index (χ1n) is 4.82. The molecular formula is C9H14F3N3. The normalized spacial score (nSPS) is 14.2. The molecule has 0 aliphatic heterocycles. The maximum absolute atomic E-state index is 12.7. The van der Waals surface area contributed by atoms with E-state index in [9.17, 15) is 13.2 Å². The molecule has 0 spiro atoms. The molecule has 15 heavy (non-hydrogen) atoms. The topological polar surface area (TPSA) is 29.9 Å². The van der Waals surface area contributed by atoms with Crippen molar-refractivity contribution in [3.05, 3.63) is 18.0 Å². The number of nitrogens with one attached hydrogen (secondary N) is 1. The molecule has 1 N–H and O–H groups in total. The first-order chi connectivity index (χ1) is 7.00. The monoisotopic (exact) mass is 221 g/mol. The van der Waals surface area contributed by atoms with Crippen LogP contribution in [0.1, 0.15) is 25.6 Å². The van der Waals surface area contributed by atoms with Gasteiger partial charge in [0.05, 0.1) is 5.69 Å². The summed E-state index contributed by atoms with van der Waals surface area (Å²) in [5.41, 5.74) is 0.159. The van der Waals surface area contributed by atoms with Gasteiger partial charge in [0.25, 0.3) is 0 Å². The molecule has 86 valence electrons. The molecular weight excluding hydrogens is 207 g/mol. The highest BCUT2D eigenvalue weighted by molar-refractivity contribution is 5.09. The first kappa shape index (κ1) is 12.0. The molecule has 1 heterocycles. The molecule has 0 saturated heterocycles. The number of nitrogens with zero attached hydrogens (tertiary/aromatic N) is 2. The third-order valence-corrected chi connectivity index (χ3v) is 2.08. The van der Waals surface area contributed by atoms with Crippen molar-refractivity contribution in [2.75, 3.05) is 6.54 Å². The zero-order chi connectivity index (χ0) is 11.5. The van der Waals surface area contributed by atoms with Gasteiger partial charge in [0.15, 0.2) is 0 Å². The SMILES string of the molecule is CCNC(c1ccnn1CC)C(F)(F)F. The number of rotatable bonds is 4. The largest absolute Gasteiger partial charge is 0.409 e. The quantitative estimate of drug-likeness (QED) is 0.844. The van der Waals surface area contributed by atoms with Crippen LogP contribution in [-0.2, 0) is 6.54 Å². The molecule has 1 aromatic heterocycles. The minimum Gasteiger partial charge on any atom is -0.301 e. The minimum atomic E-state index is -4.29. The molecule has 0 aliphatic carbocycles. The van der Waals surface area contributed by atoms with Gasteiger partial charge in [-0.25, -0.2) is 0 Å². The van der Waals surface area contributed by atoms with E-state index in [1.807, 2.05) is 0 Å². The molecule has 0 saturated carbocycles. The van der Waals surface area contributed by atoms with E-state index >= 15 is 0 Å². The van der Waals surface area contributed by atoms with Crippen LogP contribution in [0, 0.1) is 0 Å². The van der Waals surface area contributed by atoms with Gasteiger partial charge in [-0.2, -0.15) is 18.3 Å². The Morgan fingerprint density at radius 2 is 2.13 bits per heavy atom. The van der Waals surface area contributed by atoms with Crippen molar-refractivity contribution in [3.8, 4) is 0 Å². The lowest BCUT2D eigenvalue weighted by molar-refractivity contribution is -0.159. The van der Waals surface area contributed by atoms with Gasteiger partial charge < -0.3 is 5.32 Å². The van der Waals surface area contributed by atoms with E-state index in [-0.39, 0.29) is 12.2 Å². The molecule has 1 aromatic rings. The van der Waals surface area contributed by atoms with Crippen LogP contribution in [0.5, 0.6) is 0 Å². The number of hydrogen-bond acceptors (Lipinski definition) is 2. The molecule has 1 unspecified atom stereocenters. The Bertz CT molecular complexity index is 306. The Hall–Kier alpha value is -1.04. The fraction of sp³-hybridized carbons (Fsp3) is 0.667. The van der Waals surface area contributed by atoms with Gasteiger partial charge in [-0.3, -0.25) is 4.68 Å². The molecule has 0 aromatic carbocycles. The van der Waals surface area contributed by atoms with Gasteiger partial charge in [0, 0.05) is 12.7 Å². The Morgan fingerprint density at radius 1 is 1.47 bits per heavy atom. The average molecular weight is 221 g/mol. The number of aromatic nitrogens is 2. The van der Waals surface area contributed by atoms with Crippen LogP contribution in [0.15, 0.2) is 12.3 Å². The Morgan fingerprint density at radius 3 is 2.60 bits per heavy atom. The van der Waals surface area contributed by atoms with Crippen LogP contribution in [0.3, 0.4) is 0 Å². The predicted octanol–water partition coefficient (Wildman–Crippen LogP) is 2.12. The zero-order valence-electron chi connectivity index (χ0n) is 8.67. The summed E-state index contributed by atoms with van der Waals surface area (Å²) in [5.74, 6) is 0. The van der Waals surface area contributed by atoms with Gasteiger partial charge in [-0.15, -0.1) is 0 Å². The van der Waals surface area contributed by atoms with Gasteiger partial charge >= 0.3 is 6.18 Å². The standard InChI is InChI=1S/C9H14F3N3/c1-3-13-8(9(10,11)12)7-5-6-14-15(7)4-2/h5-6,8,13H,3-4H2,1-2H3. The highest BCUT2D eigenvalue weighted by Gasteiger charge is 2.41. The number of aryl methyl sites for hydroxylation is 1. The lowest BCUT2D eigenvalue weighted by Gasteiger charge is -2.21. The Labute approximate surface area is 86.3 Å². The fourth-order valence-electron chi connectivity index (χ4n) is 1.44. The van der Waals surface area contributed by atoms with Gasteiger partial charge in [0.2, 0.25) is 0 Å². The molecule has 3 nitrogen and oxygen atoms in total. The Kier molecular flexibility index (Phi) is 3.73. The summed E-state index contributed by atoms with van der Waals surface area (Å²) in [7, 11) is 0. The van der Waals surface area contributed by atoms with Gasteiger partial charge in [-0.1, -0.05) is 6.92 Å². The van der Waals surface area contributed by atoms with Crippen molar-refractivity contribution >= 4 is 0 Å². The van der Waals surface area contributed by atoms with Crippen LogP contribution in [-0.4, -0.2) is 22.5 Å². The van der Waals surface area contributed by atoms with E-state index in [4.69, 9.17) is 0 Å². The van der Waals surface area contributed by atoms with E-state index in [2.05, 4.69) is 10.4 Å². The molecule has 0 radical (unpaired) electrons. The molecule has 6 heteroatoms. The highest BCUT2D eigenvalue weighted by atomic mass is 19.4. The smallest absolute Gasteiger partial charge is 0.301 e. The maximum atomic E-state index is 12.7. The second-order valence-corrected chi connectivity index (χ2v) is 3.10. The molecule has 1 atom stereocenters. The van der Waals surface area contributed by atoms with E-state index in [1.54, 1.807) is 13.8 Å². The van der Waals surface area contributed by atoms with Crippen molar-refractivity contribution in [1.29, 1.82) is 0 Å². The number of hydrogen-bond donors (Lipinski definition) is 1. The van der Waals surface area contributed by atoms with Crippen molar-refractivity contribution in [3.63, 3.8) is 0 Å². The van der Waals surface area contributed by atoms with Crippen LogP contribution in [0.2, 0.25) is 0 Å². The second kappa shape index (κ2) is 4.65. The summed E-state index contributed by atoms with van der Waals surface area (Å²) >= 11 is 0. The third-order valence-electron chi connectivity index (χ3n) is 2.08. The van der Waals surface area contributed by atoms with Crippen molar-refractivity contribution in [2.24, 2.45) is 0 Å². The van der Waals surface area contributed by atoms with Crippen LogP contribution in [0.4, 0.5) is 13.2 Å². The summed E-state index contributed by atoms with van der Waals surface area (Å²) in [4.78, 5) is 0.